The van der Waals surface area contributed by atoms with Crippen LogP contribution in [0.3, 0.4) is 0 Å². The van der Waals surface area contributed by atoms with Gasteiger partial charge in [0.25, 0.3) is 5.91 Å². The number of likely N-dealkylation sites (tertiary alicyclic amines) is 1. The van der Waals surface area contributed by atoms with Crippen molar-refractivity contribution in [3.63, 3.8) is 0 Å². The number of β-amino-alcohol motifs (C(OH)–C–C–N with tert-alkyl or cyclic N) is 1. The Bertz CT molecular complexity index is 521. The summed E-state index contributed by atoms with van der Waals surface area (Å²) in [5.41, 5.74) is 2.42. The number of aliphatic hydroxyl groups excluding tert-OH is 1. The summed E-state index contributed by atoms with van der Waals surface area (Å²) in [4.78, 5) is 24.9. The van der Waals surface area contributed by atoms with Gasteiger partial charge < -0.3 is 15.3 Å². The van der Waals surface area contributed by atoms with E-state index in [9.17, 15) is 14.7 Å². The van der Waals surface area contributed by atoms with Crippen LogP contribution in [0.15, 0.2) is 18.2 Å². The number of aliphatic hydroxyl groups is 1. The van der Waals surface area contributed by atoms with Gasteiger partial charge in [-0.3, -0.25) is 9.59 Å². The number of fused-ring (bicyclic) bond motifs is 1. The van der Waals surface area contributed by atoms with Crippen molar-refractivity contribution in [2.24, 2.45) is 0 Å². The fraction of sp³-hybridized carbons (Fsp3) is 0.385. The van der Waals surface area contributed by atoms with Crippen LogP contribution in [0.5, 0.6) is 0 Å². The molecular formula is C13H14N2O3. The van der Waals surface area contributed by atoms with E-state index in [-0.39, 0.29) is 17.9 Å². The molecule has 3 rings (SSSR count). The minimum Gasteiger partial charge on any atom is -0.389 e. The van der Waals surface area contributed by atoms with Gasteiger partial charge in [0.1, 0.15) is 0 Å². The summed E-state index contributed by atoms with van der Waals surface area (Å²) < 4.78 is 0. The third-order valence-corrected chi connectivity index (χ3v) is 3.40. The monoisotopic (exact) mass is 246 g/mol. The van der Waals surface area contributed by atoms with E-state index in [1.54, 1.807) is 17.0 Å². The molecule has 2 aliphatic rings. The highest BCUT2D eigenvalue weighted by Crippen LogP contribution is 2.24. The maximum Gasteiger partial charge on any atom is 0.254 e. The van der Waals surface area contributed by atoms with E-state index in [0.29, 0.717) is 31.5 Å². The largest absolute Gasteiger partial charge is 0.389 e. The van der Waals surface area contributed by atoms with Crippen LogP contribution in [-0.4, -0.2) is 41.0 Å². The van der Waals surface area contributed by atoms with Crippen LogP contribution in [-0.2, 0) is 11.2 Å². The van der Waals surface area contributed by atoms with Gasteiger partial charge in [-0.1, -0.05) is 0 Å². The number of anilines is 1. The normalized spacial score (nSPS) is 18.9. The average molecular weight is 246 g/mol. The zero-order valence-corrected chi connectivity index (χ0v) is 9.85. The molecule has 0 aliphatic carbocycles. The molecule has 2 aliphatic heterocycles. The first kappa shape index (κ1) is 11.2. The second-order valence-electron chi connectivity index (χ2n) is 4.78. The molecule has 2 heterocycles. The Hall–Kier alpha value is -1.88. The van der Waals surface area contributed by atoms with E-state index >= 15 is 0 Å². The van der Waals surface area contributed by atoms with Crippen molar-refractivity contribution in [2.45, 2.75) is 18.9 Å². The van der Waals surface area contributed by atoms with Crippen LogP contribution >= 0.6 is 0 Å². The minimum atomic E-state index is -0.383. The lowest BCUT2D eigenvalue weighted by atomic mass is 9.99. The molecule has 1 saturated heterocycles. The highest BCUT2D eigenvalue weighted by atomic mass is 16.3. The Morgan fingerprint density at radius 3 is 2.83 bits per heavy atom. The van der Waals surface area contributed by atoms with Crippen molar-refractivity contribution in [1.29, 1.82) is 0 Å². The summed E-state index contributed by atoms with van der Waals surface area (Å²) in [7, 11) is 0. The zero-order chi connectivity index (χ0) is 12.7. The number of hydrogen-bond donors (Lipinski definition) is 2. The van der Waals surface area contributed by atoms with Crippen molar-refractivity contribution >= 4 is 17.5 Å². The second-order valence-corrected chi connectivity index (χ2v) is 4.78. The number of nitrogens with zero attached hydrogens (tertiary/aromatic N) is 1. The molecule has 5 nitrogen and oxygen atoms in total. The van der Waals surface area contributed by atoms with Gasteiger partial charge in [0, 0.05) is 30.8 Å². The molecule has 5 heteroatoms. The van der Waals surface area contributed by atoms with Gasteiger partial charge >= 0.3 is 0 Å². The number of carbonyl (C=O) groups excluding carboxylic acids is 2. The first-order chi connectivity index (χ1) is 8.63. The van der Waals surface area contributed by atoms with Crippen LogP contribution in [0.25, 0.3) is 0 Å². The van der Waals surface area contributed by atoms with Crippen molar-refractivity contribution in [3.8, 4) is 0 Å². The number of aryl methyl sites for hydroxylation is 1. The Balaban J connectivity index is 1.82. The number of rotatable bonds is 1. The highest BCUT2D eigenvalue weighted by molar-refractivity contribution is 5.98. The van der Waals surface area contributed by atoms with Gasteiger partial charge in [-0.2, -0.15) is 0 Å². The van der Waals surface area contributed by atoms with E-state index in [4.69, 9.17) is 0 Å². The predicted octanol–water partition coefficient (Wildman–Crippen LogP) is 0.388. The topological polar surface area (TPSA) is 69.6 Å². The van der Waals surface area contributed by atoms with Crippen molar-refractivity contribution in [2.75, 3.05) is 18.4 Å². The lowest BCUT2D eigenvalue weighted by molar-refractivity contribution is -0.116. The molecule has 1 aromatic carbocycles. The predicted molar refractivity (Wildman–Crippen MR) is 65.3 cm³/mol. The van der Waals surface area contributed by atoms with Crippen molar-refractivity contribution < 1.29 is 14.7 Å². The Morgan fingerprint density at radius 1 is 1.33 bits per heavy atom. The second kappa shape index (κ2) is 4.10. The summed E-state index contributed by atoms with van der Waals surface area (Å²) >= 11 is 0. The fourth-order valence-corrected chi connectivity index (χ4v) is 2.32. The summed E-state index contributed by atoms with van der Waals surface area (Å²) in [6.07, 6.45) is 0.753. The summed E-state index contributed by atoms with van der Waals surface area (Å²) in [6, 6.07) is 5.33. The zero-order valence-electron chi connectivity index (χ0n) is 9.85. The van der Waals surface area contributed by atoms with Crippen LogP contribution in [0.2, 0.25) is 0 Å². The van der Waals surface area contributed by atoms with Crippen LogP contribution in [0, 0.1) is 0 Å². The molecule has 94 valence electrons. The van der Waals surface area contributed by atoms with Crippen LogP contribution in [0.1, 0.15) is 22.3 Å². The molecule has 0 spiro atoms. The van der Waals surface area contributed by atoms with Gasteiger partial charge in [0.15, 0.2) is 0 Å². The molecule has 0 atom stereocenters. The standard InChI is InChI=1S/C13H14N2O3/c16-10-6-15(7-10)13(18)9-1-3-11-8(5-9)2-4-12(17)14-11/h1,3,5,10,16H,2,4,6-7H2,(H,14,17). The third-order valence-electron chi connectivity index (χ3n) is 3.40. The summed E-state index contributed by atoms with van der Waals surface area (Å²) in [6.45, 7) is 0.819. The van der Waals surface area contributed by atoms with Crippen LogP contribution in [0.4, 0.5) is 5.69 Å². The first-order valence-electron chi connectivity index (χ1n) is 6.03. The molecule has 2 N–H and O–H groups in total. The number of benzene rings is 1. The van der Waals surface area contributed by atoms with Gasteiger partial charge in [-0.25, -0.2) is 0 Å². The number of nitrogens with one attached hydrogen (secondary N) is 1. The summed E-state index contributed by atoms with van der Waals surface area (Å²) in [5, 5.41) is 12.0. The number of amides is 2. The Morgan fingerprint density at radius 2 is 2.11 bits per heavy atom. The molecule has 0 bridgehead atoms. The number of hydrogen-bond acceptors (Lipinski definition) is 3. The lowest BCUT2D eigenvalue weighted by Gasteiger charge is -2.36. The van der Waals surface area contributed by atoms with Crippen molar-refractivity contribution in [3.05, 3.63) is 29.3 Å². The maximum absolute atomic E-state index is 12.1. The van der Waals surface area contributed by atoms with Gasteiger partial charge in [0.2, 0.25) is 5.91 Å². The van der Waals surface area contributed by atoms with E-state index < -0.39 is 0 Å². The molecular weight excluding hydrogens is 232 g/mol. The quantitative estimate of drug-likeness (QED) is 0.753. The molecule has 2 amide bonds. The highest BCUT2D eigenvalue weighted by Gasteiger charge is 2.29. The lowest BCUT2D eigenvalue weighted by Crippen LogP contribution is -2.53. The van der Waals surface area contributed by atoms with E-state index in [1.165, 1.54) is 0 Å². The van der Waals surface area contributed by atoms with Gasteiger partial charge in [-0.05, 0) is 30.2 Å². The van der Waals surface area contributed by atoms with E-state index in [2.05, 4.69) is 5.32 Å². The maximum atomic E-state index is 12.1. The molecule has 0 radical (unpaired) electrons. The smallest absolute Gasteiger partial charge is 0.254 e. The first-order valence-corrected chi connectivity index (χ1v) is 6.03. The Labute approximate surface area is 104 Å². The minimum absolute atomic E-state index is 0.0208. The molecule has 1 aromatic rings. The van der Waals surface area contributed by atoms with Gasteiger partial charge in [-0.15, -0.1) is 0 Å². The third kappa shape index (κ3) is 1.86. The van der Waals surface area contributed by atoms with E-state index in [0.717, 1.165) is 11.3 Å². The molecule has 0 saturated carbocycles. The van der Waals surface area contributed by atoms with Crippen LogP contribution < -0.4 is 5.32 Å². The van der Waals surface area contributed by atoms with E-state index in [1.807, 2.05) is 6.07 Å². The molecule has 0 unspecified atom stereocenters. The molecule has 1 fully saturated rings. The Kier molecular flexibility index (Phi) is 2.56. The number of carbonyl (C=O) groups is 2. The molecule has 0 aromatic heterocycles. The van der Waals surface area contributed by atoms with Gasteiger partial charge in [0.05, 0.1) is 6.10 Å². The fourth-order valence-electron chi connectivity index (χ4n) is 2.32. The molecule has 18 heavy (non-hydrogen) atoms. The summed E-state index contributed by atoms with van der Waals surface area (Å²) in [5.74, 6) is -0.0348. The SMILES string of the molecule is O=C1CCc2cc(C(=O)N3CC(O)C3)ccc2N1. The average Bonchev–Trinajstić information content (AvgIpc) is 2.33. The van der Waals surface area contributed by atoms with Crippen molar-refractivity contribution in [1.82, 2.24) is 4.90 Å².